The highest BCUT2D eigenvalue weighted by molar-refractivity contribution is 5.94. The van der Waals surface area contributed by atoms with Crippen LogP contribution in [-0.2, 0) is 6.61 Å². The summed E-state index contributed by atoms with van der Waals surface area (Å²) >= 11 is 0. The van der Waals surface area contributed by atoms with Gasteiger partial charge in [-0.05, 0) is 72.6 Å². The summed E-state index contributed by atoms with van der Waals surface area (Å²) in [6.07, 6.45) is 1.55. The maximum absolute atomic E-state index is 12.3. The molecule has 0 fully saturated rings. The molecule has 7 heteroatoms. The molecule has 0 aromatic heterocycles. The maximum Gasteiger partial charge on any atom is 0.271 e. The Bertz CT molecular complexity index is 1060. The number of hydrogen-bond donors (Lipinski definition) is 1. The Balaban J connectivity index is 1.27. The first-order valence-corrected chi connectivity index (χ1v) is 9.89. The number of hydrazone groups is 1. The molecule has 0 bridgehead atoms. The summed E-state index contributed by atoms with van der Waals surface area (Å²) < 4.78 is 21.8. The fourth-order valence-corrected chi connectivity index (χ4v) is 2.94. The predicted molar refractivity (Wildman–Crippen MR) is 116 cm³/mol. The Labute approximate surface area is 180 Å². The number of fused-ring (bicyclic) bond motifs is 1. The number of rotatable bonds is 8. The molecule has 1 N–H and O–H groups in total. The SMILES string of the molecule is CCOc1ccc(OCc2ccc(C(=O)N/N=C\c3ccc4c(c3)OCO4)cc2)cc1. The van der Waals surface area contributed by atoms with Crippen LogP contribution >= 0.6 is 0 Å². The zero-order chi connectivity index (χ0) is 21.5. The second kappa shape index (κ2) is 9.67. The molecule has 0 atom stereocenters. The molecule has 0 spiro atoms. The summed E-state index contributed by atoms with van der Waals surface area (Å²) in [6.45, 7) is 3.19. The lowest BCUT2D eigenvalue weighted by Crippen LogP contribution is -2.17. The number of hydrogen-bond acceptors (Lipinski definition) is 6. The average Bonchev–Trinajstić information content (AvgIpc) is 3.27. The monoisotopic (exact) mass is 418 g/mol. The Morgan fingerprint density at radius 2 is 1.68 bits per heavy atom. The lowest BCUT2D eigenvalue weighted by Gasteiger charge is -2.08. The van der Waals surface area contributed by atoms with Crippen LogP contribution in [0.1, 0.15) is 28.4 Å². The summed E-state index contributed by atoms with van der Waals surface area (Å²) in [5.41, 5.74) is 4.78. The van der Waals surface area contributed by atoms with Crippen LogP contribution < -0.4 is 24.4 Å². The summed E-state index contributed by atoms with van der Waals surface area (Å²) in [7, 11) is 0. The van der Waals surface area contributed by atoms with Crippen LogP contribution in [0.3, 0.4) is 0 Å². The summed E-state index contributed by atoms with van der Waals surface area (Å²) in [5.74, 6) is 2.64. The number of carbonyl (C=O) groups is 1. The molecular formula is C24H22N2O5. The summed E-state index contributed by atoms with van der Waals surface area (Å²) in [4.78, 5) is 12.3. The molecule has 0 aliphatic carbocycles. The Kier molecular flexibility index (Phi) is 6.32. The Morgan fingerprint density at radius 3 is 2.42 bits per heavy atom. The second-order valence-corrected chi connectivity index (χ2v) is 6.70. The van der Waals surface area contributed by atoms with Crippen LogP contribution in [0, 0.1) is 0 Å². The first-order valence-electron chi connectivity index (χ1n) is 9.89. The van der Waals surface area contributed by atoms with E-state index in [2.05, 4.69) is 10.5 Å². The van der Waals surface area contributed by atoms with Gasteiger partial charge in [-0.3, -0.25) is 4.79 Å². The van der Waals surface area contributed by atoms with Crippen molar-refractivity contribution < 1.29 is 23.7 Å². The van der Waals surface area contributed by atoms with Gasteiger partial charge in [-0.15, -0.1) is 0 Å². The molecule has 158 valence electrons. The van der Waals surface area contributed by atoms with Gasteiger partial charge in [-0.2, -0.15) is 5.10 Å². The number of nitrogens with one attached hydrogen (secondary N) is 1. The molecule has 3 aromatic rings. The number of nitrogens with zero attached hydrogens (tertiary/aromatic N) is 1. The van der Waals surface area contributed by atoms with Crippen LogP contribution in [0.5, 0.6) is 23.0 Å². The topological polar surface area (TPSA) is 78.4 Å². The fraction of sp³-hybridized carbons (Fsp3) is 0.167. The van der Waals surface area contributed by atoms with E-state index in [1.807, 2.05) is 49.4 Å². The largest absolute Gasteiger partial charge is 0.494 e. The van der Waals surface area contributed by atoms with Gasteiger partial charge in [0.15, 0.2) is 11.5 Å². The van der Waals surface area contributed by atoms with E-state index in [9.17, 15) is 4.79 Å². The van der Waals surface area contributed by atoms with Crippen molar-refractivity contribution in [2.24, 2.45) is 5.10 Å². The van der Waals surface area contributed by atoms with Gasteiger partial charge in [0.05, 0.1) is 12.8 Å². The van der Waals surface area contributed by atoms with Gasteiger partial charge in [0.1, 0.15) is 18.1 Å². The maximum atomic E-state index is 12.3. The van der Waals surface area contributed by atoms with E-state index in [1.54, 1.807) is 30.5 Å². The molecule has 0 saturated carbocycles. The van der Waals surface area contributed by atoms with Gasteiger partial charge in [0.25, 0.3) is 5.91 Å². The van der Waals surface area contributed by atoms with Gasteiger partial charge < -0.3 is 18.9 Å². The zero-order valence-electron chi connectivity index (χ0n) is 17.0. The van der Waals surface area contributed by atoms with Crippen molar-refractivity contribution in [3.8, 4) is 23.0 Å². The number of carbonyl (C=O) groups excluding carboxylic acids is 1. The molecular weight excluding hydrogens is 396 g/mol. The highest BCUT2D eigenvalue weighted by Gasteiger charge is 2.12. The zero-order valence-corrected chi connectivity index (χ0v) is 17.0. The highest BCUT2D eigenvalue weighted by atomic mass is 16.7. The lowest BCUT2D eigenvalue weighted by molar-refractivity contribution is 0.0955. The fourth-order valence-electron chi connectivity index (χ4n) is 2.94. The van der Waals surface area contributed by atoms with Crippen molar-refractivity contribution in [2.75, 3.05) is 13.4 Å². The van der Waals surface area contributed by atoms with E-state index < -0.39 is 0 Å². The molecule has 7 nitrogen and oxygen atoms in total. The van der Waals surface area contributed by atoms with Crippen LogP contribution in [0.25, 0.3) is 0 Å². The Hall–Kier alpha value is -4.00. The summed E-state index contributed by atoms with van der Waals surface area (Å²) in [6, 6.07) is 20.1. The molecule has 1 aliphatic heterocycles. The van der Waals surface area contributed by atoms with E-state index in [-0.39, 0.29) is 12.7 Å². The van der Waals surface area contributed by atoms with Crippen molar-refractivity contribution in [1.29, 1.82) is 0 Å². The van der Waals surface area contributed by atoms with Gasteiger partial charge in [-0.25, -0.2) is 5.43 Å². The van der Waals surface area contributed by atoms with E-state index in [0.717, 1.165) is 22.6 Å². The highest BCUT2D eigenvalue weighted by Crippen LogP contribution is 2.31. The first-order chi connectivity index (χ1) is 15.2. The third-order valence-electron chi connectivity index (χ3n) is 4.53. The minimum absolute atomic E-state index is 0.216. The molecule has 1 heterocycles. The molecule has 4 rings (SSSR count). The van der Waals surface area contributed by atoms with Crippen molar-refractivity contribution in [1.82, 2.24) is 5.43 Å². The number of amides is 1. The van der Waals surface area contributed by atoms with Crippen LogP contribution in [0.15, 0.2) is 71.8 Å². The smallest absolute Gasteiger partial charge is 0.271 e. The van der Waals surface area contributed by atoms with Crippen molar-refractivity contribution in [2.45, 2.75) is 13.5 Å². The van der Waals surface area contributed by atoms with E-state index in [0.29, 0.717) is 30.3 Å². The van der Waals surface area contributed by atoms with Crippen molar-refractivity contribution in [3.63, 3.8) is 0 Å². The van der Waals surface area contributed by atoms with Gasteiger partial charge in [-0.1, -0.05) is 12.1 Å². The third-order valence-corrected chi connectivity index (χ3v) is 4.53. The summed E-state index contributed by atoms with van der Waals surface area (Å²) in [5, 5.41) is 4.01. The van der Waals surface area contributed by atoms with Gasteiger partial charge in [0.2, 0.25) is 6.79 Å². The minimum atomic E-state index is -0.295. The molecule has 3 aromatic carbocycles. The molecule has 0 unspecified atom stereocenters. The quantitative estimate of drug-likeness (QED) is 0.439. The molecule has 0 radical (unpaired) electrons. The van der Waals surface area contributed by atoms with Crippen LogP contribution in [0.2, 0.25) is 0 Å². The van der Waals surface area contributed by atoms with E-state index in [1.165, 1.54) is 0 Å². The van der Waals surface area contributed by atoms with E-state index >= 15 is 0 Å². The molecule has 1 amide bonds. The van der Waals surface area contributed by atoms with Gasteiger partial charge >= 0.3 is 0 Å². The average molecular weight is 418 g/mol. The molecule has 31 heavy (non-hydrogen) atoms. The minimum Gasteiger partial charge on any atom is -0.494 e. The first kappa shape index (κ1) is 20.3. The van der Waals surface area contributed by atoms with Crippen LogP contribution in [0.4, 0.5) is 0 Å². The predicted octanol–water partition coefficient (Wildman–Crippen LogP) is 4.16. The van der Waals surface area contributed by atoms with Crippen molar-refractivity contribution >= 4 is 12.1 Å². The molecule has 1 aliphatic rings. The normalized spacial score (nSPS) is 12.0. The lowest BCUT2D eigenvalue weighted by atomic mass is 10.1. The Morgan fingerprint density at radius 1 is 0.968 bits per heavy atom. The van der Waals surface area contributed by atoms with Gasteiger partial charge in [0, 0.05) is 5.56 Å². The van der Waals surface area contributed by atoms with Crippen molar-refractivity contribution in [3.05, 3.63) is 83.4 Å². The molecule has 0 saturated heterocycles. The third kappa shape index (κ3) is 5.33. The standard InChI is InChI=1S/C24H22N2O5/c1-2-28-20-8-10-21(11-9-20)29-15-17-3-6-19(7-4-17)24(27)26-25-14-18-5-12-22-23(13-18)31-16-30-22/h3-14H,2,15-16H2,1H3,(H,26,27)/b25-14-. The number of ether oxygens (including phenoxy) is 4. The number of benzene rings is 3. The van der Waals surface area contributed by atoms with E-state index in [4.69, 9.17) is 18.9 Å². The second-order valence-electron chi connectivity index (χ2n) is 6.70. The van der Waals surface area contributed by atoms with Crippen LogP contribution in [-0.4, -0.2) is 25.5 Å².